The highest BCUT2D eigenvalue weighted by atomic mass is 16.4. The number of carbonyl (C=O) groups excluding carboxylic acids is 1. The number of carboxylic acids is 1. The summed E-state index contributed by atoms with van der Waals surface area (Å²) in [5.41, 5.74) is 1.14. The molecule has 0 radical (unpaired) electrons. The van der Waals surface area contributed by atoms with Crippen molar-refractivity contribution < 1.29 is 14.7 Å². The molecule has 0 fully saturated rings. The van der Waals surface area contributed by atoms with E-state index in [0.717, 1.165) is 0 Å². The van der Waals surface area contributed by atoms with E-state index in [2.05, 4.69) is 10.3 Å². The highest BCUT2D eigenvalue weighted by Gasteiger charge is 2.23. The van der Waals surface area contributed by atoms with Gasteiger partial charge >= 0.3 is 5.97 Å². The molecule has 0 bridgehead atoms. The molecule has 1 aromatic rings. The number of aryl methyl sites for hydroxylation is 1. The zero-order chi connectivity index (χ0) is 13.0. The standard InChI is InChI=1S/C12H16N2O3/c1-7(2)10(12(16)17)14-11(15)9-4-5-13-8(3)6-9/h4-7,10H,1-3H3,(H,14,15)(H,16,17)/t10-/m1/s1. The Balaban J connectivity index is 2.81. The molecule has 1 rings (SSSR count). The second-order valence-corrected chi connectivity index (χ2v) is 4.22. The molecule has 0 saturated heterocycles. The quantitative estimate of drug-likeness (QED) is 0.824. The van der Waals surface area contributed by atoms with E-state index in [-0.39, 0.29) is 5.92 Å². The van der Waals surface area contributed by atoms with Crippen molar-refractivity contribution in [2.45, 2.75) is 26.8 Å². The first-order chi connectivity index (χ1) is 7.91. The molecule has 0 unspecified atom stereocenters. The predicted octanol–water partition coefficient (Wildman–Crippen LogP) is 1.23. The number of carbonyl (C=O) groups is 2. The van der Waals surface area contributed by atoms with E-state index >= 15 is 0 Å². The molecule has 1 atom stereocenters. The van der Waals surface area contributed by atoms with Crippen LogP contribution in [0.1, 0.15) is 29.9 Å². The number of nitrogens with zero attached hydrogens (tertiary/aromatic N) is 1. The highest BCUT2D eigenvalue weighted by molar-refractivity contribution is 5.96. The molecule has 1 amide bonds. The van der Waals surface area contributed by atoms with E-state index in [0.29, 0.717) is 11.3 Å². The lowest BCUT2D eigenvalue weighted by molar-refractivity contribution is -0.140. The minimum absolute atomic E-state index is 0.167. The molecule has 0 spiro atoms. The minimum atomic E-state index is -1.03. The van der Waals surface area contributed by atoms with Gasteiger partial charge in [-0.15, -0.1) is 0 Å². The monoisotopic (exact) mass is 236 g/mol. The summed E-state index contributed by atoms with van der Waals surface area (Å²) in [5.74, 6) is -1.59. The lowest BCUT2D eigenvalue weighted by atomic mass is 10.0. The Labute approximate surface area is 99.9 Å². The fraction of sp³-hybridized carbons (Fsp3) is 0.417. The van der Waals surface area contributed by atoms with Gasteiger partial charge in [0.2, 0.25) is 0 Å². The predicted molar refractivity (Wildman–Crippen MR) is 62.7 cm³/mol. The molecule has 0 aliphatic carbocycles. The lowest BCUT2D eigenvalue weighted by Gasteiger charge is -2.17. The fourth-order valence-corrected chi connectivity index (χ4v) is 1.42. The third-order valence-corrected chi connectivity index (χ3v) is 2.38. The summed E-state index contributed by atoms with van der Waals surface area (Å²) >= 11 is 0. The largest absolute Gasteiger partial charge is 0.480 e. The van der Waals surface area contributed by atoms with Gasteiger partial charge in [0, 0.05) is 17.5 Å². The van der Waals surface area contributed by atoms with E-state index in [1.807, 2.05) is 0 Å². The zero-order valence-electron chi connectivity index (χ0n) is 10.1. The number of aliphatic carboxylic acids is 1. The van der Waals surface area contributed by atoms with Crippen LogP contribution in [0.2, 0.25) is 0 Å². The number of carboxylic acid groups (broad SMARTS) is 1. The Morgan fingerprint density at radius 2 is 2.06 bits per heavy atom. The second-order valence-electron chi connectivity index (χ2n) is 4.22. The van der Waals surface area contributed by atoms with E-state index in [1.54, 1.807) is 32.9 Å². The molecule has 0 aromatic carbocycles. The van der Waals surface area contributed by atoms with Crippen LogP contribution in [-0.2, 0) is 4.79 Å². The normalized spacial score (nSPS) is 12.2. The first kappa shape index (κ1) is 13.2. The summed E-state index contributed by atoms with van der Waals surface area (Å²) in [4.78, 5) is 26.7. The van der Waals surface area contributed by atoms with Crippen molar-refractivity contribution in [3.8, 4) is 0 Å². The second kappa shape index (κ2) is 5.43. The molecule has 17 heavy (non-hydrogen) atoms. The van der Waals surface area contributed by atoms with E-state index in [4.69, 9.17) is 5.11 Å². The van der Waals surface area contributed by atoms with Gasteiger partial charge < -0.3 is 10.4 Å². The van der Waals surface area contributed by atoms with Crippen LogP contribution in [0.3, 0.4) is 0 Å². The molecule has 1 heterocycles. The SMILES string of the molecule is Cc1cc(C(=O)N[C@@H](C(=O)O)C(C)C)ccn1. The maximum Gasteiger partial charge on any atom is 0.326 e. The van der Waals surface area contributed by atoms with E-state index in [1.165, 1.54) is 6.20 Å². The Hall–Kier alpha value is -1.91. The Morgan fingerprint density at radius 1 is 1.41 bits per heavy atom. The van der Waals surface area contributed by atoms with Crippen molar-refractivity contribution in [1.29, 1.82) is 0 Å². The summed E-state index contributed by atoms with van der Waals surface area (Å²) in [6, 6.07) is 2.30. The molecule has 5 heteroatoms. The molecular formula is C12H16N2O3. The maximum atomic E-state index is 11.8. The fourth-order valence-electron chi connectivity index (χ4n) is 1.42. The van der Waals surface area contributed by atoms with Gasteiger partial charge in [0.25, 0.3) is 5.91 Å². The lowest BCUT2D eigenvalue weighted by Crippen LogP contribution is -2.44. The minimum Gasteiger partial charge on any atom is -0.480 e. The van der Waals surface area contributed by atoms with Gasteiger partial charge in [0.1, 0.15) is 6.04 Å². The number of pyridine rings is 1. The molecule has 92 valence electrons. The number of hydrogen-bond donors (Lipinski definition) is 2. The number of hydrogen-bond acceptors (Lipinski definition) is 3. The molecule has 2 N–H and O–H groups in total. The van der Waals surface area contributed by atoms with Gasteiger partial charge in [-0.1, -0.05) is 13.8 Å². The first-order valence-corrected chi connectivity index (χ1v) is 5.38. The van der Waals surface area contributed by atoms with Crippen LogP contribution in [-0.4, -0.2) is 28.0 Å². The molecular weight excluding hydrogens is 220 g/mol. The van der Waals surface area contributed by atoms with Crippen molar-refractivity contribution in [3.63, 3.8) is 0 Å². The van der Waals surface area contributed by atoms with Crippen molar-refractivity contribution in [2.24, 2.45) is 5.92 Å². The number of nitrogens with one attached hydrogen (secondary N) is 1. The van der Waals surface area contributed by atoms with Crippen LogP contribution < -0.4 is 5.32 Å². The van der Waals surface area contributed by atoms with Crippen LogP contribution >= 0.6 is 0 Å². The molecule has 0 saturated carbocycles. The summed E-state index contributed by atoms with van der Waals surface area (Å²) in [6.45, 7) is 5.27. The Kier molecular flexibility index (Phi) is 4.20. The molecule has 5 nitrogen and oxygen atoms in total. The molecule has 0 aliphatic heterocycles. The Bertz CT molecular complexity index is 430. The van der Waals surface area contributed by atoms with Gasteiger partial charge in [0.05, 0.1) is 0 Å². The van der Waals surface area contributed by atoms with Crippen LogP contribution in [0.5, 0.6) is 0 Å². The first-order valence-electron chi connectivity index (χ1n) is 5.38. The van der Waals surface area contributed by atoms with Crippen molar-refractivity contribution >= 4 is 11.9 Å². The van der Waals surface area contributed by atoms with Crippen LogP contribution in [0, 0.1) is 12.8 Å². The average Bonchev–Trinajstić information content (AvgIpc) is 2.24. The van der Waals surface area contributed by atoms with Crippen molar-refractivity contribution in [1.82, 2.24) is 10.3 Å². The smallest absolute Gasteiger partial charge is 0.326 e. The highest BCUT2D eigenvalue weighted by Crippen LogP contribution is 2.05. The number of amides is 1. The van der Waals surface area contributed by atoms with Gasteiger partial charge in [-0.2, -0.15) is 0 Å². The number of aromatic nitrogens is 1. The van der Waals surface area contributed by atoms with Gasteiger partial charge in [-0.3, -0.25) is 9.78 Å². The average molecular weight is 236 g/mol. The topological polar surface area (TPSA) is 79.3 Å². The maximum absolute atomic E-state index is 11.8. The number of rotatable bonds is 4. The zero-order valence-corrected chi connectivity index (χ0v) is 10.1. The van der Waals surface area contributed by atoms with Crippen molar-refractivity contribution in [2.75, 3.05) is 0 Å². The van der Waals surface area contributed by atoms with Gasteiger partial charge in [0.15, 0.2) is 0 Å². The summed E-state index contributed by atoms with van der Waals surface area (Å²) in [6.07, 6.45) is 1.52. The third kappa shape index (κ3) is 3.55. The van der Waals surface area contributed by atoms with Crippen LogP contribution in [0.4, 0.5) is 0 Å². The van der Waals surface area contributed by atoms with Gasteiger partial charge in [-0.25, -0.2) is 4.79 Å². The van der Waals surface area contributed by atoms with Gasteiger partial charge in [-0.05, 0) is 25.0 Å². The Morgan fingerprint density at radius 3 is 2.53 bits per heavy atom. The summed E-state index contributed by atoms with van der Waals surface area (Å²) in [5, 5.41) is 11.5. The molecule has 0 aliphatic rings. The third-order valence-electron chi connectivity index (χ3n) is 2.38. The van der Waals surface area contributed by atoms with Crippen LogP contribution in [0.15, 0.2) is 18.3 Å². The summed E-state index contributed by atoms with van der Waals surface area (Å²) < 4.78 is 0. The molecule has 1 aromatic heterocycles. The van der Waals surface area contributed by atoms with E-state index in [9.17, 15) is 9.59 Å². The van der Waals surface area contributed by atoms with Crippen molar-refractivity contribution in [3.05, 3.63) is 29.6 Å². The van der Waals surface area contributed by atoms with E-state index < -0.39 is 17.9 Å². The van der Waals surface area contributed by atoms with Crippen LogP contribution in [0.25, 0.3) is 0 Å². The summed E-state index contributed by atoms with van der Waals surface area (Å²) in [7, 11) is 0.